The van der Waals surface area contributed by atoms with Crippen LogP contribution in [0.5, 0.6) is 17.2 Å². The second-order valence-corrected chi connectivity index (χ2v) is 7.38. The zero-order valence-corrected chi connectivity index (χ0v) is 17.4. The first-order chi connectivity index (χ1) is 13.9. The van der Waals surface area contributed by atoms with Gasteiger partial charge in [0.15, 0.2) is 16.6 Å². The normalized spacial score (nSPS) is 10.5. The van der Waals surface area contributed by atoms with Gasteiger partial charge in [-0.15, -0.1) is 11.3 Å². The van der Waals surface area contributed by atoms with E-state index in [9.17, 15) is 9.18 Å². The summed E-state index contributed by atoms with van der Waals surface area (Å²) in [4.78, 5) is 17.8. The Bertz CT molecular complexity index is 1010. The Morgan fingerprint density at radius 3 is 2.38 bits per heavy atom. The van der Waals surface area contributed by atoms with Gasteiger partial charge in [0.2, 0.25) is 5.75 Å². The minimum atomic E-state index is -0.355. The van der Waals surface area contributed by atoms with Crippen molar-refractivity contribution in [1.82, 2.24) is 4.98 Å². The van der Waals surface area contributed by atoms with Crippen LogP contribution in [0.15, 0.2) is 36.5 Å². The van der Waals surface area contributed by atoms with Crippen molar-refractivity contribution < 1.29 is 23.4 Å². The third-order valence-corrected chi connectivity index (χ3v) is 5.23. The number of nitrogens with zero attached hydrogens (tertiary/aromatic N) is 1. The highest BCUT2D eigenvalue weighted by molar-refractivity contribution is 7.15. The summed E-state index contributed by atoms with van der Waals surface area (Å²) in [6.07, 6.45) is 2.21. The van der Waals surface area contributed by atoms with E-state index in [1.807, 2.05) is 6.07 Å². The number of ether oxygens (including phenoxy) is 3. The molecule has 0 saturated carbocycles. The fourth-order valence-corrected chi connectivity index (χ4v) is 3.62. The van der Waals surface area contributed by atoms with Gasteiger partial charge in [0, 0.05) is 23.1 Å². The van der Waals surface area contributed by atoms with E-state index >= 15 is 0 Å². The number of aryl methyl sites for hydroxylation is 1. The molecule has 0 spiro atoms. The predicted octanol–water partition coefficient (Wildman–Crippen LogP) is 4.46. The van der Waals surface area contributed by atoms with Gasteiger partial charge in [-0.2, -0.15) is 0 Å². The molecule has 29 heavy (non-hydrogen) atoms. The summed E-state index contributed by atoms with van der Waals surface area (Å²) in [7, 11) is 4.47. The van der Waals surface area contributed by atoms with E-state index < -0.39 is 0 Å². The van der Waals surface area contributed by atoms with Gasteiger partial charge in [0.25, 0.3) is 5.91 Å². The van der Waals surface area contributed by atoms with E-state index in [1.54, 1.807) is 31.3 Å². The molecule has 0 atom stereocenters. The van der Waals surface area contributed by atoms with Gasteiger partial charge in [-0.05, 0) is 36.2 Å². The number of rotatable bonds is 7. The minimum absolute atomic E-state index is 0.233. The number of hydrogen-bond donors (Lipinski definition) is 1. The molecule has 2 aromatic carbocycles. The van der Waals surface area contributed by atoms with Crippen molar-refractivity contribution in [2.75, 3.05) is 26.6 Å². The molecule has 0 fully saturated rings. The van der Waals surface area contributed by atoms with Gasteiger partial charge in [-0.1, -0.05) is 12.1 Å². The molecule has 1 aromatic heterocycles. The van der Waals surface area contributed by atoms with E-state index in [-0.39, 0.29) is 11.7 Å². The number of carbonyl (C=O) groups is 1. The van der Waals surface area contributed by atoms with E-state index in [0.717, 1.165) is 10.4 Å². The molecule has 0 aliphatic rings. The zero-order valence-electron chi connectivity index (χ0n) is 16.5. The first-order valence-electron chi connectivity index (χ1n) is 8.76. The summed E-state index contributed by atoms with van der Waals surface area (Å²) in [5, 5.41) is 3.22. The molecular weight excluding hydrogens is 395 g/mol. The summed E-state index contributed by atoms with van der Waals surface area (Å²) in [6.45, 7) is 1.72. The molecule has 0 saturated heterocycles. The van der Waals surface area contributed by atoms with Crippen LogP contribution in [0.3, 0.4) is 0 Å². The van der Waals surface area contributed by atoms with E-state index in [4.69, 9.17) is 14.2 Å². The van der Waals surface area contributed by atoms with Crippen LogP contribution in [0.4, 0.5) is 9.52 Å². The van der Waals surface area contributed by atoms with Crippen molar-refractivity contribution >= 4 is 22.4 Å². The van der Waals surface area contributed by atoms with E-state index in [1.165, 1.54) is 38.7 Å². The molecule has 152 valence electrons. The Morgan fingerprint density at radius 1 is 1.10 bits per heavy atom. The summed E-state index contributed by atoms with van der Waals surface area (Å²) < 4.78 is 29.6. The van der Waals surface area contributed by atoms with Gasteiger partial charge < -0.3 is 14.2 Å². The number of anilines is 1. The second-order valence-electron chi connectivity index (χ2n) is 6.26. The molecule has 8 heteroatoms. The van der Waals surface area contributed by atoms with Crippen molar-refractivity contribution in [3.8, 4) is 17.2 Å². The Balaban J connectivity index is 1.75. The van der Waals surface area contributed by atoms with Gasteiger partial charge in [-0.3, -0.25) is 10.1 Å². The van der Waals surface area contributed by atoms with Crippen LogP contribution in [-0.4, -0.2) is 32.2 Å². The maximum Gasteiger partial charge on any atom is 0.257 e. The first-order valence-corrected chi connectivity index (χ1v) is 9.58. The summed E-state index contributed by atoms with van der Waals surface area (Å²) in [6, 6.07) is 8.29. The number of carbonyl (C=O) groups excluding carboxylic acids is 1. The zero-order chi connectivity index (χ0) is 21.0. The average molecular weight is 416 g/mol. The maximum atomic E-state index is 13.7. The van der Waals surface area contributed by atoms with E-state index in [0.29, 0.717) is 39.9 Å². The third-order valence-electron chi connectivity index (χ3n) is 4.32. The Morgan fingerprint density at radius 2 is 1.79 bits per heavy atom. The summed E-state index contributed by atoms with van der Waals surface area (Å²) >= 11 is 1.34. The van der Waals surface area contributed by atoms with Crippen molar-refractivity contribution in [1.29, 1.82) is 0 Å². The fraction of sp³-hybridized carbons (Fsp3) is 0.238. The van der Waals surface area contributed by atoms with Gasteiger partial charge in [0.05, 0.1) is 21.3 Å². The lowest BCUT2D eigenvalue weighted by Gasteiger charge is -2.13. The molecule has 0 aliphatic carbocycles. The topological polar surface area (TPSA) is 69.7 Å². The molecule has 0 unspecified atom stereocenters. The number of benzene rings is 2. The monoisotopic (exact) mass is 416 g/mol. The lowest BCUT2D eigenvalue weighted by molar-refractivity contribution is 0.102. The highest BCUT2D eigenvalue weighted by atomic mass is 32.1. The largest absolute Gasteiger partial charge is 0.493 e. The highest BCUT2D eigenvalue weighted by Crippen LogP contribution is 2.38. The lowest BCUT2D eigenvalue weighted by atomic mass is 10.1. The molecule has 0 radical (unpaired) electrons. The number of halogens is 1. The van der Waals surface area contributed by atoms with E-state index in [2.05, 4.69) is 10.3 Å². The van der Waals surface area contributed by atoms with Gasteiger partial charge >= 0.3 is 0 Å². The lowest BCUT2D eigenvalue weighted by Crippen LogP contribution is -2.12. The van der Waals surface area contributed by atoms with Gasteiger partial charge in [-0.25, -0.2) is 9.37 Å². The van der Waals surface area contributed by atoms with Crippen molar-refractivity contribution in [2.45, 2.75) is 13.3 Å². The van der Waals surface area contributed by atoms with Crippen LogP contribution in [0.25, 0.3) is 0 Å². The van der Waals surface area contributed by atoms with Crippen molar-refractivity contribution in [3.63, 3.8) is 0 Å². The molecule has 0 aliphatic heterocycles. The fourth-order valence-electron chi connectivity index (χ4n) is 2.78. The number of aromatic nitrogens is 1. The molecule has 3 aromatic rings. The quantitative estimate of drug-likeness (QED) is 0.616. The van der Waals surface area contributed by atoms with Crippen LogP contribution >= 0.6 is 11.3 Å². The van der Waals surface area contributed by atoms with Crippen molar-refractivity contribution in [3.05, 3.63) is 63.9 Å². The van der Waals surface area contributed by atoms with Crippen LogP contribution in [0, 0.1) is 12.7 Å². The third kappa shape index (κ3) is 4.65. The number of methoxy groups -OCH3 is 3. The SMILES string of the molecule is COc1cc(C(=O)Nc2ncc(Cc3ccc(C)c(F)c3)s2)cc(OC)c1OC. The molecule has 1 amide bonds. The molecule has 3 rings (SSSR count). The Labute approximate surface area is 172 Å². The average Bonchev–Trinajstić information content (AvgIpc) is 3.16. The number of nitrogens with one attached hydrogen (secondary N) is 1. The van der Waals surface area contributed by atoms with Crippen molar-refractivity contribution in [2.24, 2.45) is 0 Å². The standard InChI is InChI=1S/C21H21FN2O4S/c1-12-5-6-13(8-16(12)22)7-15-11-23-21(29-15)24-20(25)14-9-17(26-2)19(28-4)18(10-14)27-3/h5-6,8-11H,7H2,1-4H3,(H,23,24,25). The molecule has 0 bridgehead atoms. The Hall–Kier alpha value is -3.13. The maximum absolute atomic E-state index is 13.7. The Kier molecular flexibility index (Phi) is 6.33. The predicted molar refractivity (Wildman–Crippen MR) is 110 cm³/mol. The molecule has 1 heterocycles. The van der Waals surface area contributed by atoms with Crippen LogP contribution in [0.2, 0.25) is 0 Å². The minimum Gasteiger partial charge on any atom is -0.493 e. The number of amides is 1. The van der Waals surface area contributed by atoms with Crippen LogP contribution < -0.4 is 19.5 Å². The summed E-state index contributed by atoms with van der Waals surface area (Å²) in [5.74, 6) is 0.597. The highest BCUT2D eigenvalue weighted by Gasteiger charge is 2.18. The van der Waals surface area contributed by atoms with Gasteiger partial charge in [0.1, 0.15) is 5.82 Å². The second kappa shape index (κ2) is 8.91. The summed E-state index contributed by atoms with van der Waals surface area (Å²) in [5.41, 5.74) is 1.80. The number of hydrogen-bond acceptors (Lipinski definition) is 6. The van der Waals surface area contributed by atoms with Crippen LogP contribution in [0.1, 0.15) is 26.4 Å². The molecule has 6 nitrogen and oxygen atoms in total. The van der Waals surface area contributed by atoms with Crippen LogP contribution in [-0.2, 0) is 6.42 Å². The smallest absolute Gasteiger partial charge is 0.257 e. The number of thiazole rings is 1. The first kappa shape index (κ1) is 20.6. The molecular formula is C21H21FN2O4S. The molecule has 1 N–H and O–H groups in total.